The predicted octanol–water partition coefficient (Wildman–Crippen LogP) is 9.70. The van der Waals surface area contributed by atoms with Crippen LogP contribution in [-0.4, -0.2) is 87.0 Å². The van der Waals surface area contributed by atoms with Crippen LogP contribution in [0.1, 0.15) is 95.7 Å². The molecule has 15 heteroatoms. The molecule has 13 nitrogen and oxygen atoms in total. The summed E-state index contributed by atoms with van der Waals surface area (Å²) in [6.45, 7) is 17.7. The molecule has 3 amide bonds. The van der Waals surface area contributed by atoms with Gasteiger partial charge in [-0.2, -0.15) is 0 Å². The molecule has 0 unspecified atom stereocenters. The summed E-state index contributed by atoms with van der Waals surface area (Å²) < 4.78 is 12.3. The normalized spacial score (nSPS) is 20.3. The number of aromatic amines is 2. The Labute approximate surface area is 370 Å². The average Bonchev–Trinajstić information content (AvgIpc) is 4.10. The molecule has 2 aromatic carbocycles. The van der Waals surface area contributed by atoms with Crippen molar-refractivity contribution >= 4 is 78.0 Å². The van der Waals surface area contributed by atoms with Crippen LogP contribution in [0.25, 0.3) is 52.3 Å². The number of benzene rings is 2. The third-order valence-electron chi connectivity index (χ3n) is 12.8. The van der Waals surface area contributed by atoms with Crippen molar-refractivity contribution in [1.82, 2.24) is 35.1 Å². The van der Waals surface area contributed by atoms with Gasteiger partial charge in [-0.1, -0.05) is 53.7 Å². The highest BCUT2D eigenvalue weighted by Gasteiger charge is 2.42. The van der Waals surface area contributed by atoms with Crippen molar-refractivity contribution in [3.05, 3.63) is 59.2 Å². The fourth-order valence-electron chi connectivity index (χ4n) is 9.42. The zero-order chi connectivity index (χ0) is 44.3. The Morgan fingerprint density at radius 1 is 0.742 bits per heavy atom. The third kappa shape index (κ3) is 7.97. The summed E-state index contributed by atoms with van der Waals surface area (Å²) in [5.74, 6) is 1.01. The molecule has 2 aliphatic rings. The van der Waals surface area contributed by atoms with E-state index in [9.17, 15) is 19.2 Å². The van der Waals surface area contributed by atoms with Crippen molar-refractivity contribution in [2.24, 2.45) is 29.6 Å². The highest BCUT2D eigenvalue weighted by atomic mass is 32.1. The molecule has 2 fully saturated rings. The molecule has 0 radical (unpaired) electrons. The number of nitrogens with zero attached hydrogens (tertiary/aromatic N) is 4. The number of alkyl carbamates (subject to hydrolysis) is 1. The van der Waals surface area contributed by atoms with Gasteiger partial charge in [0, 0.05) is 32.2 Å². The second-order valence-corrected chi connectivity index (χ2v) is 20.2. The number of likely N-dealkylation sites (tertiary alicyclic amines) is 2. The standard InChI is InChI=1S/C47H57N7O6S2/c1-22(2)30(19-37(55)59-9)45(56)53-20-24(5)15-35(53)43-48-31-13-11-28(17-33(31)50-43)39-26(7)41-42(61-39)27(8)40(62-41)29-12-14-32-34(18-29)51-44(49-32)36-16-25(6)21-54(36)46(57)38(23(3)4)52-47(58)60-10/h11-14,17-18,22-25,30,35-36,38H,15-16,19-21H2,1-10H3,(H,48,50)(H,49,51)(H,52,58)/t24-,25-,30-,35-,36-,38-/m0/s1. The van der Waals surface area contributed by atoms with E-state index in [-0.39, 0.29) is 54.0 Å². The van der Waals surface area contributed by atoms with Gasteiger partial charge in [-0.05, 0) is 96.9 Å². The quantitative estimate of drug-likeness (QED) is 0.108. The molecule has 6 atom stereocenters. The highest BCUT2D eigenvalue weighted by Crippen LogP contribution is 2.49. The van der Waals surface area contributed by atoms with Crippen LogP contribution >= 0.6 is 22.7 Å². The molecule has 328 valence electrons. The second-order valence-electron chi connectivity index (χ2n) is 18.2. The number of methoxy groups -OCH3 is 2. The average molecular weight is 880 g/mol. The Morgan fingerprint density at radius 3 is 1.66 bits per heavy atom. The van der Waals surface area contributed by atoms with Gasteiger partial charge in [0.25, 0.3) is 0 Å². The Balaban J connectivity index is 1.04. The Morgan fingerprint density at radius 2 is 1.23 bits per heavy atom. The van der Waals surface area contributed by atoms with Crippen LogP contribution in [0.4, 0.5) is 4.79 Å². The van der Waals surface area contributed by atoms with Crippen molar-refractivity contribution < 1.29 is 28.7 Å². The van der Waals surface area contributed by atoms with E-state index in [2.05, 4.69) is 79.4 Å². The molecule has 0 spiro atoms. The SMILES string of the molecule is COC(=O)C[C@H](C(=O)N1C[C@@H](C)C[C@H]1c1nc2ccc(-c3sc4c(C)c(-c5ccc6nc([C@@H]7C[C@H](C)CN7C(=O)[C@@H](NC(=O)OC)C(C)C)[nH]c6c5)sc4c3C)cc2[nH]1)C(C)C. The van der Waals surface area contributed by atoms with Gasteiger partial charge in [0.1, 0.15) is 17.7 Å². The summed E-state index contributed by atoms with van der Waals surface area (Å²) in [6, 6.07) is 11.6. The smallest absolute Gasteiger partial charge is 0.407 e. The van der Waals surface area contributed by atoms with Gasteiger partial charge in [0.05, 0.1) is 60.7 Å². The number of H-pyrrole nitrogens is 2. The van der Waals surface area contributed by atoms with Gasteiger partial charge >= 0.3 is 12.1 Å². The minimum atomic E-state index is -0.701. The lowest BCUT2D eigenvalue weighted by Crippen LogP contribution is -2.51. The first-order valence-corrected chi connectivity index (χ1v) is 23.2. The number of ether oxygens (including phenoxy) is 2. The number of rotatable bonds is 11. The van der Waals surface area contributed by atoms with Gasteiger partial charge in [0.15, 0.2) is 0 Å². The van der Waals surface area contributed by atoms with Crippen LogP contribution < -0.4 is 5.32 Å². The van der Waals surface area contributed by atoms with Crippen molar-refractivity contribution in [3.63, 3.8) is 0 Å². The first-order valence-electron chi connectivity index (χ1n) is 21.6. The van der Waals surface area contributed by atoms with Gasteiger partial charge in [-0.25, -0.2) is 14.8 Å². The molecule has 6 aromatic rings. The number of esters is 1. The Bertz CT molecular complexity index is 2510. The highest BCUT2D eigenvalue weighted by molar-refractivity contribution is 7.31. The van der Waals surface area contributed by atoms with Crippen LogP contribution in [0.3, 0.4) is 0 Å². The number of hydrogen-bond donors (Lipinski definition) is 3. The number of fused-ring (bicyclic) bond motifs is 3. The van der Waals surface area contributed by atoms with E-state index < -0.39 is 18.1 Å². The predicted molar refractivity (Wildman–Crippen MR) is 245 cm³/mol. The monoisotopic (exact) mass is 879 g/mol. The summed E-state index contributed by atoms with van der Waals surface area (Å²) in [5.41, 5.74) is 8.24. The Hall–Kier alpha value is -5.28. The Kier molecular flexibility index (Phi) is 12.0. The molecule has 6 heterocycles. The number of thiophene rings is 2. The number of aryl methyl sites for hydroxylation is 2. The summed E-state index contributed by atoms with van der Waals surface area (Å²) in [5, 5.41) is 2.74. The van der Waals surface area contributed by atoms with E-state index >= 15 is 0 Å². The van der Waals surface area contributed by atoms with E-state index in [1.54, 1.807) is 11.3 Å². The first kappa shape index (κ1) is 43.4. The summed E-state index contributed by atoms with van der Waals surface area (Å²) in [4.78, 5) is 75.5. The maximum Gasteiger partial charge on any atom is 0.407 e. The molecule has 0 saturated carbocycles. The molecule has 0 aliphatic carbocycles. The summed E-state index contributed by atoms with van der Waals surface area (Å²) in [6.07, 6.45) is 1.02. The summed E-state index contributed by atoms with van der Waals surface area (Å²) in [7, 11) is 2.67. The lowest BCUT2D eigenvalue weighted by Gasteiger charge is -2.30. The number of amides is 3. The number of nitrogens with one attached hydrogen (secondary N) is 3. The van der Waals surface area contributed by atoms with Gasteiger partial charge < -0.3 is 34.6 Å². The maximum absolute atomic E-state index is 13.9. The van der Waals surface area contributed by atoms with Crippen LogP contribution in [-0.2, 0) is 23.9 Å². The maximum atomic E-state index is 13.9. The van der Waals surface area contributed by atoms with E-state index in [0.29, 0.717) is 19.0 Å². The van der Waals surface area contributed by atoms with Crippen LogP contribution in [0.2, 0.25) is 0 Å². The zero-order valence-corrected chi connectivity index (χ0v) is 38.8. The second kappa shape index (κ2) is 17.1. The molecule has 2 aliphatic heterocycles. The van der Waals surface area contributed by atoms with E-state index in [1.165, 1.54) is 44.5 Å². The molecule has 0 bridgehead atoms. The van der Waals surface area contributed by atoms with E-state index in [0.717, 1.165) is 57.7 Å². The molecular weight excluding hydrogens is 823 g/mol. The molecule has 4 aromatic heterocycles. The molecule has 62 heavy (non-hydrogen) atoms. The van der Waals surface area contributed by atoms with Gasteiger partial charge in [-0.3, -0.25) is 14.4 Å². The lowest BCUT2D eigenvalue weighted by molar-refractivity contribution is -0.148. The van der Waals surface area contributed by atoms with Crippen molar-refractivity contribution in [3.8, 4) is 20.9 Å². The van der Waals surface area contributed by atoms with Crippen LogP contribution in [0.15, 0.2) is 36.4 Å². The number of carbonyl (C=O) groups is 4. The van der Waals surface area contributed by atoms with Crippen molar-refractivity contribution in [1.29, 1.82) is 0 Å². The molecular formula is C47H57N7O6S2. The largest absolute Gasteiger partial charge is 0.469 e. The molecule has 8 rings (SSSR count). The number of imidazole rings is 2. The van der Waals surface area contributed by atoms with Crippen molar-refractivity contribution in [2.75, 3.05) is 27.3 Å². The molecule has 3 N–H and O–H groups in total. The van der Waals surface area contributed by atoms with Crippen LogP contribution in [0.5, 0.6) is 0 Å². The van der Waals surface area contributed by atoms with Gasteiger partial charge in [0.2, 0.25) is 11.8 Å². The summed E-state index contributed by atoms with van der Waals surface area (Å²) >= 11 is 3.61. The van der Waals surface area contributed by atoms with Crippen LogP contribution in [0, 0.1) is 43.4 Å². The van der Waals surface area contributed by atoms with Crippen molar-refractivity contribution in [2.45, 2.75) is 92.8 Å². The number of carbonyl (C=O) groups excluding carboxylic acids is 4. The van der Waals surface area contributed by atoms with E-state index in [4.69, 9.17) is 19.4 Å². The third-order valence-corrected chi connectivity index (χ3v) is 15.9. The minimum absolute atomic E-state index is 0.00581. The zero-order valence-electron chi connectivity index (χ0n) is 37.2. The fraction of sp³-hybridized carbons (Fsp3) is 0.489. The lowest BCUT2D eigenvalue weighted by atomic mass is 9.91. The number of aromatic nitrogens is 4. The van der Waals surface area contributed by atoms with E-state index in [1.807, 2.05) is 48.8 Å². The minimum Gasteiger partial charge on any atom is -0.469 e. The van der Waals surface area contributed by atoms with Gasteiger partial charge in [-0.15, -0.1) is 22.7 Å². The fourth-order valence-corrected chi connectivity index (χ4v) is 12.2. The molecule has 2 saturated heterocycles. The first-order chi connectivity index (χ1) is 29.6. The number of hydrogen-bond acceptors (Lipinski definition) is 10. The topological polar surface area (TPSA) is 163 Å².